The van der Waals surface area contributed by atoms with E-state index in [1.807, 2.05) is 0 Å². The fourth-order valence-corrected chi connectivity index (χ4v) is 3.40. The zero-order valence-corrected chi connectivity index (χ0v) is 15.6. The van der Waals surface area contributed by atoms with E-state index in [-0.39, 0.29) is 11.8 Å². The van der Waals surface area contributed by atoms with Crippen LogP contribution in [-0.4, -0.2) is 72.3 Å². The molecule has 0 bridgehead atoms. The van der Waals surface area contributed by atoms with Crippen molar-refractivity contribution in [2.45, 2.75) is 38.4 Å². The molecule has 1 spiro atoms. The zero-order chi connectivity index (χ0) is 18.6. The van der Waals surface area contributed by atoms with Crippen molar-refractivity contribution in [1.82, 2.24) is 14.8 Å². The Morgan fingerprint density at radius 3 is 2.62 bits per heavy atom. The summed E-state index contributed by atoms with van der Waals surface area (Å²) in [6.07, 6.45) is 4.84. The Morgan fingerprint density at radius 2 is 1.96 bits per heavy atom. The Morgan fingerprint density at radius 1 is 1.27 bits per heavy atom. The molecule has 0 unspecified atom stereocenters. The van der Waals surface area contributed by atoms with Crippen LogP contribution in [0.25, 0.3) is 0 Å². The number of nitrogens with zero attached hydrogens (tertiary/aromatic N) is 3. The molecule has 1 aromatic heterocycles. The van der Waals surface area contributed by atoms with E-state index in [0.29, 0.717) is 56.9 Å². The number of carbonyl (C=O) groups excluding carboxylic acids is 2. The number of hydrogen-bond acceptors (Lipinski definition) is 5. The van der Waals surface area contributed by atoms with Crippen molar-refractivity contribution in [1.29, 1.82) is 0 Å². The topological polar surface area (TPSA) is 72.0 Å². The Balaban J connectivity index is 1.64. The monoisotopic (exact) mass is 361 g/mol. The van der Waals surface area contributed by atoms with Gasteiger partial charge in [0.15, 0.2) is 5.79 Å². The molecule has 2 amide bonds. The maximum atomic E-state index is 12.8. The summed E-state index contributed by atoms with van der Waals surface area (Å²) in [5.41, 5.74) is 0.807. The van der Waals surface area contributed by atoms with Gasteiger partial charge in [0.1, 0.15) is 5.69 Å². The van der Waals surface area contributed by atoms with Crippen molar-refractivity contribution in [2.24, 2.45) is 0 Å². The molecule has 0 atom stereocenters. The van der Waals surface area contributed by atoms with E-state index < -0.39 is 5.79 Å². The number of piperidine rings is 1. The minimum atomic E-state index is -0.510. The first-order chi connectivity index (χ1) is 12.5. The lowest BCUT2D eigenvalue weighted by atomic mass is 10.0. The molecule has 3 heterocycles. The fourth-order valence-electron chi connectivity index (χ4n) is 3.40. The molecule has 0 N–H and O–H groups in total. The molecule has 2 saturated heterocycles. The number of aromatic nitrogens is 1. The molecule has 1 aromatic rings. The highest BCUT2D eigenvalue weighted by Crippen LogP contribution is 2.31. The molecule has 7 heteroatoms. The first-order valence-electron chi connectivity index (χ1n) is 9.33. The van der Waals surface area contributed by atoms with E-state index >= 15 is 0 Å². The predicted octanol–water partition coefficient (Wildman–Crippen LogP) is 1.93. The van der Waals surface area contributed by atoms with Crippen LogP contribution in [0.4, 0.5) is 0 Å². The summed E-state index contributed by atoms with van der Waals surface area (Å²) in [4.78, 5) is 32.9. The van der Waals surface area contributed by atoms with Gasteiger partial charge in [-0.2, -0.15) is 0 Å². The lowest BCUT2D eigenvalue weighted by Crippen LogP contribution is -2.47. The normalized spacial score (nSPS) is 18.9. The maximum absolute atomic E-state index is 12.8. The maximum Gasteiger partial charge on any atom is 0.272 e. The molecule has 2 fully saturated rings. The van der Waals surface area contributed by atoms with E-state index in [4.69, 9.17) is 9.47 Å². The molecule has 0 aromatic carbocycles. The van der Waals surface area contributed by atoms with Crippen LogP contribution in [0.5, 0.6) is 0 Å². The van der Waals surface area contributed by atoms with Crippen LogP contribution in [0, 0.1) is 0 Å². The Hall–Kier alpha value is -1.99. The lowest BCUT2D eigenvalue weighted by Gasteiger charge is -2.37. The molecular weight excluding hydrogens is 334 g/mol. The molecule has 26 heavy (non-hydrogen) atoms. The van der Waals surface area contributed by atoms with E-state index in [0.717, 1.165) is 12.8 Å². The number of pyridine rings is 1. The van der Waals surface area contributed by atoms with Crippen LogP contribution in [-0.2, 0) is 9.47 Å². The molecule has 2 aliphatic rings. The molecule has 142 valence electrons. The van der Waals surface area contributed by atoms with Crippen LogP contribution in [0.2, 0.25) is 0 Å². The molecule has 2 aliphatic heterocycles. The number of carbonyl (C=O) groups is 2. The summed E-state index contributed by atoms with van der Waals surface area (Å²) in [5.74, 6) is -0.742. The predicted molar refractivity (Wildman–Crippen MR) is 95.9 cm³/mol. The van der Waals surface area contributed by atoms with Crippen molar-refractivity contribution in [3.63, 3.8) is 0 Å². The van der Waals surface area contributed by atoms with Crippen molar-refractivity contribution in [3.8, 4) is 0 Å². The van der Waals surface area contributed by atoms with Gasteiger partial charge in [0, 0.05) is 51.3 Å². The first-order valence-corrected chi connectivity index (χ1v) is 9.33. The largest absolute Gasteiger partial charge is 0.347 e. The van der Waals surface area contributed by atoms with Crippen LogP contribution in [0.15, 0.2) is 18.3 Å². The third-order valence-corrected chi connectivity index (χ3v) is 5.05. The molecule has 0 saturated carbocycles. The van der Waals surface area contributed by atoms with E-state index in [2.05, 4.69) is 11.9 Å². The number of ether oxygens (including phenoxy) is 2. The summed E-state index contributed by atoms with van der Waals surface area (Å²) in [6.45, 7) is 5.15. The number of amides is 2. The van der Waals surface area contributed by atoms with Gasteiger partial charge in [-0.15, -0.1) is 0 Å². The van der Waals surface area contributed by atoms with Crippen molar-refractivity contribution in [3.05, 3.63) is 29.6 Å². The van der Waals surface area contributed by atoms with Crippen LogP contribution >= 0.6 is 0 Å². The van der Waals surface area contributed by atoms with E-state index in [1.54, 1.807) is 29.0 Å². The van der Waals surface area contributed by atoms with Crippen molar-refractivity contribution in [2.75, 3.05) is 39.9 Å². The van der Waals surface area contributed by atoms with Gasteiger partial charge >= 0.3 is 0 Å². The van der Waals surface area contributed by atoms with Gasteiger partial charge in [0.05, 0.1) is 13.2 Å². The molecule has 0 aliphatic carbocycles. The molecule has 0 radical (unpaired) electrons. The number of likely N-dealkylation sites (tertiary alicyclic amines) is 1. The highest BCUT2D eigenvalue weighted by Gasteiger charge is 2.41. The van der Waals surface area contributed by atoms with Gasteiger partial charge in [-0.25, -0.2) is 0 Å². The van der Waals surface area contributed by atoms with E-state index in [1.165, 1.54) is 6.20 Å². The first kappa shape index (κ1) is 18.8. The fraction of sp³-hybridized carbons (Fsp3) is 0.632. The van der Waals surface area contributed by atoms with Gasteiger partial charge in [-0.3, -0.25) is 14.6 Å². The van der Waals surface area contributed by atoms with Crippen molar-refractivity contribution >= 4 is 11.8 Å². The van der Waals surface area contributed by atoms with Gasteiger partial charge in [-0.05, 0) is 18.6 Å². The number of rotatable bonds is 5. The smallest absolute Gasteiger partial charge is 0.272 e. The second kappa shape index (κ2) is 8.14. The third-order valence-electron chi connectivity index (χ3n) is 5.05. The lowest BCUT2D eigenvalue weighted by molar-refractivity contribution is -0.181. The average molecular weight is 361 g/mol. The van der Waals surface area contributed by atoms with Gasteiger partial charge in [0.2, 0.25) is 0 Å². The third kappa shape index (κ3) is 4.04. The van der Waals surface area contributed by atoms with E-state index in [9.17, 15) is 9.59 Å². The Labute approximate surface area is 154 Å². The van der Waals surface area contributed by atoms with Crippen LogP contribution < -0.4 is 0 Å². The zero-order valence-electron chi connectivity index (χ0n) is 15.6. The summed E-state index contributed by atoms with van der Waals surface area (Å²) in [5, 5.41) is 0. The molecule has 7 nitrogen and oxygen atoms in total. The van der Waals surface area contributed by atoms with Crippen LogP contribution in [0.1, 0.15) is 53.5 Å². The highest BCUT2D eigenvalue weighted by molar-refractivity contribution is 5.98. The summed E-state index contributed by atoms with van der Waals surface area (Å²) >= 11 is 0. The standard InChI is InChI=1S/C19H27N3O4/c1-3-4-9-21(2)17(23)15-5-8-20-16(14-15)18(24)22-10-6-19(7-11-22)25-12-13-26-19/h5,8,14H,3-4,6-7,9-13H2,1-2H3. The van der Waals surface area contributed by atoms with Crippen LogP contribution in [0.3, 0.4) is 0 Å². The number of unbranched alkanes of at least 4 members (excludes halogenated alkanes) is 1. The molecular formula is C19H27N3O4. The molecule has 3 rings (SSSR count). The Kier molecular flexibility index (Phi) is 5.88. The van der Waals surface area contributed by atoms with Gasteiger partial charge < -0.3 is 19.3 Å². The minimum absolute atomic E-state index is 0.0831. The number of hydrogen-bond donors (Lipinski definition) is 0. The highest BCUT2D eigenvalue weighted by atomic mass is 16.7. The van der Waals surface area contributed by atoms with Gasteiger partial charge in [-0.1, -0.05) is 13.3 Å². The minimum Gasteiger partial charge on any atom is -0.347 e. The SMILES string of the molecule is CCCCN(C)C(=O)c1ccnc(C(=O)N2CCC3(CC2)OCCO3)c1. The quantitative estimate of drug-likeness (QED) is 0.801. The summed E-state index contributed by atoms with van der Waals surface area (Å²) in [6, 6.07) is 3.26. The summed E-state index contributed by atoms with van der Waals surface area (Å²) < 4.78 is 11.4. The summed E-state index contributed by atoms with van der Waals surface area (Å²) in [7, 11) is 1.78. The second-order valence-corrected chi connectivity index (χ2v) is 6.91. The Bertz CT molecular complexity index is 648. The average Bonchev–Trinajstić information content (AvgIpc) is 3.13. The second-order valence-electron chi connectivity index (χ2n) is 6.91. The van der Waals surface area contributed by atoms with Crippen molar-refractivity contribution < 1.29 is 19.1 Å². The van der Waals surface area contributed by atoms with Gasteiger partial charge in [0.25, 0.3) is 11.8 Å².